The Bertz CT molecular complexity index is 255. The molecule has 0 aliphatic carbocycles. The third kappa shape index (κ3) is 1.18. The molecule has 1 aliphatic rings. The molecule has 74 valence electrons. The van der Waals surface area contributed by atoms with Crippen LogP contribution in [0.3, 0.4) is 0 Å². The summed E-state index contributed by atoms with van der Waals surface area (Å²) in [6, 6.07) is -1.10. The van der Waals surface area contributed by atoms with Crippen molar-refractivity contribution in [2.75, 3.05) is 0 Å². The van der Waals surface area contributed by atoms with Gasteiger partial charge in [-0.05, 0) is 13.3 Å². The van der Waals surface area contributed by atoms with Gasteiger partial charge in [0, 0.05) is 0 Å². The smallest absolute Gasteiger partial charge is 0.283 e. The van der Waals surface area contributed by atoms with E-state index in [-0.39, 0.29) is 10.1 Å². The van der Waals surface area contributed by atoms with Crippen molar-refractivity contribution in [2.45, 2.75) is 32.2 Å². The van der Waals surface area contributed by atoms with E-state index in [9.17, 15) is 14.8 Å². The Morgan fingerprint density at radius 1 is 1.38 bits per heavy atom. The number of carbonyl (C=O) groups is 2. The largest absolute Gasteiger partial charge is 0.375 e. The van der Waals surface area contributed by atoms with Gasteiger partial charge in [0.2, 0.25) is 0 Å². The van der Waals surface area contributed by atoms with E-state index in [0.29, 0.717) is 12.8 Å². The molecule has 0 bridgehead atoms. The molecule has 1 atom stereocenters. The second kappa shape index (κ2) is 2.97. The van der Waals surface area contributed by atoms with Gasteiger partial charge in [-0.3, -0.25) is 15.2 Å². The molecular formula is C7H12N2O4. The topological polar surface area (TPSA) is 81.1 Å². The van der Waals surface area contributed by atoms with E-state index in [2.05, 4.69) is 0 Å². The van der Waals surface area contributed by atoms with Crippen LogP contribution >= 0.6 is 0 Å². The number of rotatable bonds is 2. The molecule has 1 rings (SSSR count). The van der Waals surface area contributed by atoms with Gasteiger partial charge >= 0.3 is 6.03 Å². The minimum absolute atomic E-state index is 0.0599. The van der Waals surface area contributed by atoms with Gasteiger partial charge in [0.1, 0.15) is 0 Å². The SMILES string of the molecule is CCCC1(C)C(=O)N(O)C(=O)N1O. The molecule has 0 aromatic carbocycles. The number of urea groups is 1. The van der Waals surface area contributed by atoms with Crippen molar-refractivity contribution in [1.29, 1.82) is 0 Å². The van der Waals surface area contributed by atoms with E-state index in [4.69, 9.17) is 5.21 Å². The molecule has 1 unspecified atom stereocenters. The molecular weight excluding hydrogens is 176 g/mol. The quantitative estimate of drug-likeness (QED) is 0.490. The fourth-order valence-corrected chi connectivity index (χ4v) is 1.41. The molecule has 1 heterocycles. The van der Waals surface area contributed by atoms with Crippen LogP contribution in [-0.2, 0) is 4.79 Å². The number of amides is 3. The summed E-state index contributed by atoms with van der Waals surface area (Å²) >= 11 is 0. The Morgan fingerprint density at radius 3 is 2.23 bits per heavy atom. The summed E-state index contributed by atoms with van der Waals surface area (Å²) in [5, 5.41) is 18.4. The van der Waals surface area contributed by atoms with Gasteiger partial charge in [-0.2, -0.15) is 5.06 Å². The standard InChI is InChI=1S/C7H12N2O4/c1-3-4-7(2)5(10)8(12)6(11)9(7)13/h12-13H,3-4H2,1-2H3. The first kappa shape index (κ1) is 9.94. The van der Waals surface area contributed by atoms with Crippen LogP contribution in [0.25, 0.3) is 0 Å². The Hall–Kier alpha value is -1.14. The Kier molecular flexibility index (Phi) is 2.27. The van der Waals surface area contributed by atoms with E-state index < -0.39 is 17.5 Å². The first-order valence-corrected chi connectivity index (χ1v) is 4.01. The highest BCUT2D eigenvalue weighted by atomic mass is 16.6. The van der Waals surface area contributed by atoms with Crippen LogP contribution in [0.5, 0.6) is 0 Å². The predicted octanol–water partition coefficient (Wildman–Crippen LogP) is 0.588. The van der Waals surface area contributed by atoms with E-state index in [1.165, 1.54) is 6.92 Å². The summed E-state index contributed by atoms with van der Waals surface area (Å²) in [6.07, 6.45) is 0.936. The van der Waals surface area contributed by atoms with Crippen molar-refractivity contribution in [3.05, 3.63) is 0 Å². The van der Waals surface area contributed by atoms with Crippen LogP contribution in [0.2, 0.25) is 0 Å². The molecule has 0 spiro atoms. The maximum atomic E-state index is 11.3. The van der Waals surface area contributed by atoms with Gasteiger partial charge in [-0.25, -0.2) is 4.79 Å². The van der Waals surface area contributed by atoms with Crippen LogP contribution < -0.4 is 0 Å². The van der Waals surface area contributed by atoms with Gasteiger partial charge in [0.05, 0.1) is 0 Å². The van der Waals surface area contributed by atoms with Crippen molar-refractivity contribution >= 4 is 11.9 Å². The van der Waals surface area contributed by atoms with Gasteiger partial charge in [-0.1, -0.05) is 13.3 Å². The van der Waals surface area contributed by atoms with Crippen molar-refractivity contribution < 1.29 is 20.0 Å². The number of imide groups is 1. The van der Waals surface area contributed by atoms with E-state index in [0.717, 1.165) is 0 Å². The third-order valence-electron chi connectivity index (χ3n) is 2.22. The minimum Gasteiger partial charge on any atom is -0.283 e. The van der Waals surface area contributed by atoms with E-state index in [1.54, 1.807) is 0 Å². The molecule has 1 fully saturated rings. The summed E-state index contributed by atoms with van der Waals surface area (Å²) in [5.41, 5.74) is -1.32. The first-order valence-electron chi connectivity index (χ1n) is 4.01. The Balaban J connectivity index is 2.98. The average Bonchev–Trinajstić information content (AvgIpc) is 2.23. The lowest BCUT2D eigenvalue weighted by atomic mass is 9.96. The molecule has 0 radical (unpaired) electrons. The zero-order chi connectivity index (χ0) is 10.2. The zero-order valence-electron chi connectivity index (χ0n) is 7.52. The Labute approximate surface area is 75.3 Å². The zero-order valence-corrected chi connectivity index (χ0v) is 7.52. The number of hydrogen-bond donors (Lipinski definition) is 2. The minimum atomic E-state index is -1.32. The van der Waals surface area contributed by atoms with Crippen LogP contribution in [0.1, 0.15) is 26.7 Å². The second-order valence-corrected chi connectivity index (χ2v) is 3.24. The lowest BCUT2D eigenvalue weighted by molar-refractivity contribution is -0.157. The maximum Gasteiger partial charge on any atom is 0.375 e. The summed E-state index contributed by atoms with van der Waals surface area (Å²) in [7, 11) is 0. The molecule has 0 saturated carbocycles. The highest BCUT2D eigenvalue weighted by Crippen LogP contribution is 2.28. The maximum absolute atomic E-state index is 11.3. The lowest BCUT2D eigenvalue weighted by Crippen LogP contribution is -2.45. The molecule has 1 aliphatic heterocycles. The molecule has 3 amide bonds. The first-order chi connectivity index (χ1) is 5.95. The number of hydrogen-bond acceptors (Lipinski definition) is 4. The van der Waals surface area contributed by atoms with Gasteiger partial charge in [-0.15, -0.1) is 5.06 Å². The average molecular weight is 188 g/mol. The van der Waals surface area contributed by atoms with Crippen LogP contribution in [0.4, 0.5) is 4.79 Å². The number of hydroxylamine groups is 4. The monoisotopic (exact) mass is 188 g/mol. The summed E-state index contributed by atoms with van der Waals surface area (Å²) in [6.45, 7) is 3.23. The molecule has 6 heteroatoms. The summed E-state index contributed by atoms with van der Waals surface area (Å²) in [5.74, 6) is -0.790. The molecule has 1 saturated heterocycles. The van der Waals surface area contributed by atoms with Crippen molar-refractivity contribution in [3.63, 3.8) is 0 Å². The lowest BCUT2D eigenvalue weighted by Gasteiger charge is -2.24. The summed E-state index contributed by atoms with van der Waals surface area (Å²) < 4.78 is 0. The van der Waals surface area contributed by atoms with Crippen LogP contribution in [0, 0.1) is 0 Å². The molecule has 2 N–H and O–H groups in total. The molecule has 13 heavy (non-hydrogen) atoms. The normalized spacial score (nSPS) is 28.9. The highest BCUT2D eigenvalue weighted by molar-refractivity contribution is 6.04. The van der Waals surface area contributed by atoms with Gasteiger partial charge in [0.25, 0.3) is 5.91 Å². The van der Waals surface area contributed by atoms with Crippen LogP contribution in [0.15, 0.2) is 0 Å². The highest BCUT2D eigenvalue weighted by Gasteiger charge is 2.53. The molecule has 0 aromatic rings. The number of carbonyl (C=O) groups excluding carboxylic acids is 2. The van der Waals surface area contributed by atoms with E-state index >= 15 is 0 Å². The van der Waals surface area contributed by atoms with E-state index in [1.807, 2.05) is 6.92 Å². The fourth-order valence-electron chi connectivity index (χ4n) is 1.41. The second-order valence-electron chi connectivity index (χ2n) is 3.24. The Morgan fingerprint density at radius 2 is 1.92 bits per heavy atom. The fraction of sp³-hybridized carbons (Fsp3) is 0.714. The summed E-state index contributed by atoms with van der Waals surface area (Å²) in [4.78, 5) is 22.2. The van der Waals surface area contributed by atoms with Crippen molar-refractivity contribution in [3.8, 4) is 0 Å². The third-order valence-corrected chi connectivity index (χ3v) is 2.22. The van der Waals surface area contributed by atoms with Crippen LogP contribution in [-0.4, -0.2) is 38.0 Å². The number of nitrogens with zero attached hydrogens (tertiary/aromatic N) is 2. The van der Waals surface area contributed by atoms with Gasteiger partial charge in [0.15, 0.2) is 5.54 Å². The predicted molar refractivity (Wildman–Crippen MR) is 41.0 cm³/mol. The molecule has 0 aromatic heterocycles. The molecule has 6 nitrogen and oxygen atoms in total. The van der Waals surface area contributed by atoms with Gasteiger partial charge < -0.3 is 0 Å². The van der Waals surface area contributed by atoms with Crippen molar-refractivity contribution in [1.82, 2.24) is 10.1 Å². The van der Waals surface area contributed by atoms with Crippen molar-refractivity contribution in [2.24, 2.45) is 0 Å².